The van der Waals surface area contributed by atoms with Gasteiger partial charge in [-0.1, -0.05) is 48.0 Å². The quantitative estimate of drug-likeness (QED) is 0.365. The van der Waals surface area contributed by atoms with Crippen molar-refractivity contribution >= 4 is 17.3 Å². The number of pyridine rings is 1. The fraction of sp³-hybridized carbons (Fsp3) is 0.231. The highest BCUT2D eigenvalue weighted by molar-refractivity contribution is 6.31. The molecule has 3 heterocycles. The first kappa shape index (κ1) is 19.4. The number of fused-ring (bicyclic) bond motifs is 3. The Kier molecular flexibility index (Phi) is 4.47. The Hall–Kier alpha value is -3.31. The summed E-state index contributed by atoms with van der Waals surface area (Å²) in [5.74, 6) is 1.05. The fourth-order valence-electron chi connectivity index (χ4n) is 5.07. The number of halogens is 1. The van der Waals surface area contributed by atoms with Crippen LogP contribution in [0.4, 0.5) is 5.69 Å². The second kappa shape index (κ2) is 7.38. The first-order chi connectivity index (χ1) is 15.6. The molecule has 32 heavy (non-hydrogen) atoms. The van der Waals surface area contributed by atoms with E-state index in [4.69, 9.17) is 32.2 Å². The summed E-state index contributed by atoms with van der Waals surface area (Å²) in [6, 6.07) is 18.0. The Morgan fingerprint density at radius 2 is 1.75 bits per heavy atom. The molecule has 0 saturated heterocycles. The molecule has 0 spiro atoms. The van der Waals surface area contributed by atoms with Gasteiger partial charge < -0.3 is 10.5 Å². The molecule has 6 heteroatoms. The Labute approximate surface area is 191 Å². The topological polar surface area (TPSA) is 66.0 Å². The maximum Gasteiger partial charge on any atom is 0.229 e. The summed E-state index contributed by atoms with van der Waals surface area (Å²) in [5.41, 5.74) is 14.5. The molecule has 160 valence electrons. The number of nitrogens with two attached hydrogens (primary N) is 1. The zero-order valence-corrected chi connectivity index (χ0v) is 18.6. The number of nitrogens with zero attached hydrogens (tertiary/aromatic N) is 3. The first-order valence-corrected chi connectivity index (χ1v) is 11.4. The molecule has 2 aromatic heterocycles. The van der Waals surface area contributed by atoms with Crippen LogP contribution in [0.2, 0.25) is 5.02 Å². The maximum absolute atomic E-state index is 6.84. The van der Waals surface area contributed by atoms with Crippen LogP contribution in [0.1, 0.15) is 52.4 Å². The molecule has 1 aliphatic carbocycles. The van der Waals surface area contributed by atoms with Gasteiger partial charge in [0.1, 0.15) is 0 Å². The van der Waals surface area contributed by atoms with Crippen molar-refractivity contribution < 1.29 is 4.74 Å². The van der Waals surface area contributed by atoms with Crippen LogP contribution in [-0.4, -0.2) is 14.8 Å². The minimum atomic E-state index is -0.195. The van der Waals surface area contributed by atoms with Gasteiger partial charge in [-0.25, -0.2) is 9.67 Å². The van der Waals surface area contributed by atoms with Crippen molar-refractivity contribution in [3.63, 3.8) is 0 Å². The number of ether oxygens (including phenoxy) is 1. The van der Waals surface area contributed by atoms with Crippen molar-refractivity contribution in [1.29, 1.82) is 0 Å². The number of hydrogen-bond donors (Lipinski definition) is 1. The van der Waals surface area contributed by atoms with Gasteiger partial charge in [-0.2, -0.15) is 5.10 Å². The molecule has 0 saturated carbocycles. The van der Waals surface area contributed by atoms with Gasteiger partial charge in [-0.15, -0.1) is 0 Å². The molecule has 0 radical (unpaired) electrons. The molecule has 4 aromatic rings. The Morgan fingerprint density at radius 3 is 2.56 bits per heavy atom. The number of benzene rings is 2. The summed E-state index contributed by atoms with van der Waals surface area (Å²) >= 11 is 6.73. The van der Waals surface area contributed by atoms with Crippen LogP contribution < -0.4 is 10.5 Å². The smallest absolute Gasteiger partial charge is 0.229 e. The number of aromatic nitrogens is 3. The lowest BCUT2D eigenvalue weighted by atomic mass is 9.81. The summed E-state index contributed by atoms with van der Waals surface area (Å²) in [7, 11) is 0. The zero-order valence-electron chi connectivity index (χ0n) is 17.8. The molecule has 2 aromatic carbocycles. The molecule has 1 aliphatic heterocycles. The third-order valence-corrected chi connectivity index (χ3v) is 6.92. The molecular formula is C26H23ClN4O. The lowest BCUT2D eigenvalue weighted by molar-refractivity contribution is 0.401. The van der Waals surface area contributed by atoms with E-state index in [-0.39, 0.29) is 5.92 Å². The van der Waals surface area contributed by atoms with Crippen molar-refractivity contribution in [2.75, 3.05) is 5.73 Å². The predicted octanol–water partition coefficient (Wildman–Crippen LogP) is 5.98. The predicted molar refractivity (Wildman–Crippen MR) is 126 cm³/mol. The van der Waals surface area contributed by atoms with Gasteiger partial charge in [0.15, 0.2) is 0 Å². The van der Waals surface area contributed by atoms with E-state index in [2.05, 4.69) is 6.07 Å². The highest BCUT2D eigenvalue weighted by Gasteiger charge is 2.39. The van der Waals surface area contributed by atoms with E-state index >= 15 is 0 Å². The monoisotopic (exact) mass is 442 g/mol. The van der Waals surface area contributed by atoms with Crippen molar-refractivity contribution in [3.8, 4) is 17.4 Å². The van der Waals surface area contributed by atoms with Gasteiger partial charge >= 0.3 is 0 Å². The first-order valence-electron chi connectivity index (χ1n) is 11.0. The molecular weight excluding hydrogens is 420 g/mol. The van der Waals surface area contributed by atoms with Crippen molar-refractivity contribution in [3.05, 3.63) is 93.3 Å². The van der Waals surface area contributed by atoms with E-state index in [0.29, 0.717) is 16.8 Å². The summed E-state index contributed by atoms with van der Waals surface area (Å²) in [6.07, 6.45) is 4.13. The SMILES string of the molecule is Cc1nn(-c2ccccc2)c2c1C(c1ccccc1Cl)c1c(nc3c(c1N)CCCC3)O2. The second-order valence-corrected chi connectivity index (χ2v) is 8.89. The summed E-state index contributed by atoms with van der Waals surface area (Å²) in [5, 5.41) is 5.55. The van der Waals surface area contributed by atoms with Gasteiger partial charge in [0.05, 0.1) is 28.4 Å². The zero-order chi connectivity index (χ0) is 21.8. The Morgan fingerprint density at radius 1 is 1.00 bits per heavy atom. The van der Waals surface area contributed by atoms with Crippen molar-refractivity contribution in [2.45, 2.75) is 38.5 Å². The van der Waals surface area contributed by atoms with E-state index in [1.807, 2.05) is 60.1 Å². The fourth-order valence-corrected chi connectivity index (χ4v) is 5.31. The van der Waals surface area contributed by atoms with Crippen LogP contribution in [0.25, 0.3) is 5.69 Å². The van der Waals surface area contributed by atoms with Crippen LogP contribution in [0.15, 0.2) is 54.6 Å². The van der Waals surface area contributed by atoms with Crippen molar-refractivity contribution in [2.24, 2.45) is 0 Å². The molecule has 5 nitrogen and oxygen atoms in total. The van der Waals surface area contributed by atoms with E-state index in [1.165, 1.54) is 0 Å². The molecule has 6 rings (SSSR count). The molecule has 2 aliphatic rings. The van der Waals surface area contributed by atoms with Crippen LogP contribution in [-0.2, 0) is 12.8 Å². The molecule has 1 unspecified atom stereocenters. The average molecular weight is 443 g/mol. The lowest BCUT2D eigenvalue weighted by Crippen LogP contribution is -2.20. The van der Waals surface area contributed by atoms with Crippen LogP contribution in [0.3, 0.4) is 0 Å². The van der Waals surface area contributed by atoms with Gasteiger partial charge in [0.2, 0.25) is 11.8 Å². The molecule has 0 amide bonds. The van der Waals surface area contributed by atoms with Crippen LogP contribution >= 0.6 is 11.6 Å². The highest BCUT2D eigenvalue weighted by atomic mass is 35.5. The van der Waals surface area contributed by atoms with Gasteiger partial charge in [-0.3, -0.25) is 0 Å². The minimum absolute atomic E-state index is 0.195. The number of aryl methyl sites for hydroxylation is 2. The van der Waals surface area contributed by atoms with E-state index in [1.54, 1.807) is 0 Å². The number of rotatable bonds is 2. The van der Waals surface area contributed by atoms with Crippen molar-refractivity contribution in [1.82, 2.24) is 14.8 Å². The van der Waals surface area contributed by atoms with E-state index in [0.717, 1.165) is 70.7 Å². The number of hydrogen-bond acceptors (Lipinski definition) is 4. The van der Waals surface area contributed by atoms with Gasteiger partial charge in [0, 0.05) is 16.4 Å². The summed E-state index contributed by atoms with van der Waals surface area (Å²) < 4.78 is 8.34. The minimum Gasteiger partial charge on any atom is -0.420 e. The van der Waals surface area contributed by atoms with Gasteiger partial charge in [0.25, 0.3) is 0 Å². The molecule has 0 fully saturated rings. The third kappa shape index (κ3) is 2.84. The third-order valence-electron chi connectivity index (χ3n) is 6.57. The number of para-hydroxylation sites is 1. The molecule has 2 N–H and O–H groups in total. The van der Waals surface area contributed by atoms with E-state index < -0.39 is 0 Å². The lowest BCUT2D eigenvalue weighted by Gasteiger charge is -2.31. The Bertz CT molecular complexity index is 1350. The van der Waals surface area contributed by atoms with Gasteiger partial charge in [-0.05, 0) is 61.9 Å². The summed E-state index contributed by atoms with van der Waals surface area (Å²) in [6.45, 7) is 2.01. The molecule has 0 bridgehead atoms. The summed E-state index contributed by atoms with van der Waals surface area (Å²) in [4.78, 5) is 4.98. The Balaban J connectivity index is 1.66. The standard InChI is InChI=1S/C26H23ClN4O/c1-15-21-22(17-11-5-7-13-19(17)27)23-24(28)18-12-6-8-14-20(18)29-25(23)32-26(21)31(30-15)16-9-3-2-4-10-16/h2-5,7,9-11,13,22H,6,8,12,14H2,1H3,(H2,28,29). The van der Waals surface area contributed by atoms with E-state index in [9.17, 15) is 0 Å². The average Bonchev–Trinajstić information content (AvgIpc) is 3.15. The largest absolute Gasteiger partial charge is 0.420 e. The van der Waals surface area contributed by atoms with Crippen LogP contribution in [0.5, 0.6) is 11.8 Å². The normalized spacial score (nSPS) is 16.6. The second-order valence-electron chi connectivity index (χ2n) is 8.48. The highest BCUT2D eigenvalue weighted by Crippen LogP contribution is 2.53. The number of anilines is 1. The van der Waals surface area contributed by atoms with Crippen LogP contribution in [0, 0.1) is 6.92 Å². The number of nitrogen functional groups attached to an aromatic ring is 1. The maximum atomic E-state index is 6.84. The molecule has 1 atom stereocenters.